The van der Waals surface area contributed by atoms with E-state index in [-0.39, 0.29) is 17.5 Å². The second kappa shape index (κ2) is 10.6. The van der Waals surface area contributed by atoms with Crippen LogP contribution in [0.5, 0.6) is 0 Å². The van der Waals surface area contributed by atoms with Gasteiger partial charge >= 0.3 is 0 Å². The fourth-order valence-electron chi connectivity index (χ4n) is 3.52. The zero-order valence-corrected chi connectivity index (χ0v) is 19.1. The van der Waals surface area contributed by atoms with E-state index in [9.17, 15) is 14.4 Å². The first-order chi connectivity index (χ1) is 14.3. The number of carbonyl (C=O) groups is 3. The lowest BCUT2D eigenvalue weighted by atomic mass is 10.0. The maximum atomic E-state index is 13.0. The number of rotatable bonds is 5. The number of likely N-dealkylation sites (N-methyl/N-ethyl adjacent to an activating group) is 1. The number of hydrogen-bond acceptors (Lipinski definition) is 4. The Morgan fingerprint density at radius 1 is 1.23 bits per heavy atom. The van der Waals surface area contributed by atoms with E-state index in [0.29, 0.717) is 34.6 Å². The molecule has 2 aromatic rings. The van der Waals surface area contributed by atoms with Crippen molar-refractivity contribution in [2.24, 2.45) is 0 Å². The molecule has 7 nitrogen and oxygen atoms in total. The molecule has 1 fully saturated rings. The third-order valence-electron chi connectivity index (χ3n) is 5.11. The van der Waals surface area contributed by atoms with Crippen LogP contribution in [0.1, 0.15) is 54.8 Å². The molecule has 3 rings (SSSR count). The van der Waals surface area contributed by atoms with Gasteiger partial charge in [0, 0.05) is 56.4 Å². The predicted octanol–water partition coefficient (Wildman–Crippen LogP) is 3.33. The number of nitrogens with one attached hydrogen (secondary N) is 2. The summed E-state index contributed by atoms with van der Waals surface area (Å²) in [5.74, 6) is -1.34. The number of carbonyl (C=O) groups excluding carboxylic acids is 3. The largest absolute Gasteiger partial charge is 0.360 e. The highest BCUT2D eigenvalue weighted by molar-refractivity contribution is 6.45. The van der Waals surface area contributed by atoms with Gasteiger partial charge in [0.2, 0.25) is 0 Å². The van der Waals surface area contributed by atoms with Crippen LogP contribution in [0.4, 0.5) is 0 Å². The number of Topliss-reactive ketones (excluding diaryl/α,β-unsaturated/α-hetero) is 1. The van der Waals surface area contributed by atoms with E-state index in [0.717, 1.165) is 19.5 Å². The fraction of sp³-hybridized carbons (Fsp3) is 0.500. The molecular weight excluding hydrogens is 404 g/mol. The standard InChI is InChI=1S/C20H25ClN4O3.C2H6/c1-4-6-24(3)20(28)18(26)15-11-23-17-9-16(21)14(8-13(15)17)19(27)25-7-5-22-10-12(25)2;1-2/h8-9,11-12,22-23H,4-7,10H2,1-3H3;1-2H3. The third-order valence-corrected chi connectivity index (χ3v) is 5.42. The molecule has 8 heteroatoms. The van der Waals surface area contributed by atoms with Crippen molar-refractivity contribution in [1.82, 2.24) is 20.1 Å². The van der Waals surface area contributed by atoms with Crippen molar-refractivity contribution in [3.8, 4) is 0 Å². The summed E-state index contributed by atoms with van der Waals surface area (Å²) in [6.45, 7) is 10.5. The van der Waals surface area contributed by atoms with Crippen molar-refractivity contribution in [3.63, 3.8) is 0 Å². The molecule has 1 aliphatic rings. The van der Waals surface area contributed by atoms with E-state index >= 15 is 0 Å². The maximum absolute atomic E-state index is 13.0. The van der Waals surface area contributed by atoms with Crippen molar-refractivity contribution in [2.45, 2.75) is 40.2 Å². The minimum Gasteiger partial charge on any atom is -0.360 e. The van der Waals surface area contributed by atoms with Crippen LogP contribution in [0, 0.1) is 0 Å². The van der Waals surface area contributed by atoms with Crippen LogP contribution in [0.25, 0.3) is 10.9 Å². The van der Waals surface area contributed by atoms with Crippen LogP contribution >= 0.6 is 11.6 Å². The number of aromatic nitrogens is 1. The third kappa shape index (κ3) is 4.84. The second-order valence-electron chi connectivity index (χ2n) is 7.19. The van der Waals surface area contributed by atoms with E-state index in [4.69, 9.17) is 11.6 Å². The Morgan fingerprint density at radius 3 is 2.57 bits per heavy atom. The van der Waals surface area contributed by atoms with Crippen molar-refractivity contribution in [1.29, 1.82) is 0 Å². The van der Waals surface area contributed by atoms with Crippen molar-refractivity contribution >= 4 is 40.1 Å². The zero-order chi connectivity index (χ0) is 22.4. The number of halogens is 1. The number of amides is 2. The highest BCUT2D eigenvalue weighted by atomic mass is 35.5. The summed E-state index contributed by atoms with van der Waals surface area (Å²) in [5.41, 5.74) is 1.21. The summed E-state index contributed by atoms with van der Waals surface area (Å²) in [6.07, 6.45) is 2.27. The lowest BCUT2D eigenvalue weighted by molar-refractivity contribution is -0.125. The molecule has 2 amide bonds. The Bertz CT molecular complexity index is 924. The van der Waals surface area contributed by atoms with E-state index < -0.39 is 11.7 Å². The van der Waals surface area contributed by atoms with Crippen LogP contribution in [0.2, 0.25) is 5.02 Å². The van der Waals surface area contributed by atoms with Gasteiger partial charge in [0.15, 0.2) is 0 Å². The molecule has 1 aromatic carbocycles. The summed E-state index contributed by atoms with van der Waals surface area (Å²) < 4.78 is 0. The number of aromatic amines is 1. The molecule has 1 saturated heterocycles. The normalized spacial score (nSPS) is 16.1. The molecular formula is C22H31ClN4O3. The first-order valence-electron chi connectivity index (χ1n) is 10.5. The average molecular weight is 435 g/mol. The van der Waals surface area contributed by atoms with Gasteiger partial charge in [-0.15, -0.1) is 0 Å². The molecule has 164 valence electrons. The number of piperazine rings is 1. The average Bonchev–Trinajstić information content (AvgIpc) is 3.16. The maximum Gasteiger partial charge on any atom is 0.294 e. The van der Waals surface area contributed by atoms with Gasteiger partial charge in [-0.3, -0.25) is 14.4 Å². The van der Waals surface area contributed by atoms with Gasteiger partial charge < -0.3 is 20.1 Å². The van der Waals surface area contributed by atoms with Gasteiger partial charge in [-0.1, -0.05) is 32.4 Å². The Hall–Kier alpha value is -2.38. The predicted molar refractivity (Wildman–Crippen MR) is 120 cm³/mol. The van der Waals surface area contributed by atoms with E-state index in [1.54, 1.807) is 24.1 Å². The van der Waals surface area contributed by atoms with Crippen LogP contribution < -0.4 is 5.32 Å². The van der Waals surface area contributed by atoms with Gasteiger partial charge in [-0.2, -0.15) is 0 Å². The fourth-order valence-corrected chi connectivity index (χ4v) is 3.76. The Balaban J connectivity index is 0.00000155. The molecule has 1 aromatic heterocycles. The minimum atomic E-state index is -0.599. The number of H-pyrrole nitrogens is 1. The molecule has 2 N–H and O–H groups in total. The first kappa shape index (κ1) is 23.9. The zero-order valence-electron chi connectivity index (χ0n) is 18.3. The highest BCUT2D eigenvalue weighted by Gasteiger charge is 2.28. The summed E-state index contributed by atoms with van der Waals surface area (Å²) in [7, 11) is 1.61. The SMILES string of the molecule is CC.CCCN(C)C(=O)C(=O)c1c[nH]c2cc(Cl)c(C(=O)N3CCNCC3C)cc12. The lowest BCUT2D eigenvalue weighted by Crippen LogP contribution is -2.52. The Morgan fingerprint density at radius 2 is 1.93 bits per heavy atom. The Kier molecular flexibility index (Phi) is 8.43. The van der Waals surface area contributed by atoms with Crippen LogP contribution in [0.15, 0.2) is 18.3 Å². The molecule has 0 spiro atoms. The summed E-state index contributed by atoms with van der Waals surface area (Å²) in [6, 6.07) is 3.30. The van der Waals surface area contributed by atoms with Gasteiger partial charge in [-0.25, -0.2) is 0 Å². The van der Waals surface area contributed by atoms with Crippen molar-refractivity contribution in [3.05, 3.63) is 34.5 Å². The summed E-state index contributed by atoms with van der Waals surface area (Å²) in [5, 5.41) is 4.09. The van der Waals surface area contributed by atoms with E-state index in [1.165, 1.54) is 11.1 Å². The smallest absolute Gasteiger partial charge is 0.294 e. The van der Waals surface area contributed by atoms with Crippen LogP contribution in [0.3, 0.4) is 0 Å². The second-order valence-corrected chi connectivity index (χ2v) is 7.59. The number of fused-ring (bicyclic) bond motifs is 1. The first-order valence-corrected chi connectivity index (χ1v) is 10.8. The van der Waals surface area contributed by atoms with Gasteiger partial charge in [0.1, 0.15) is 0 Å². The van der Waals surface area contributed by atoms with Crippen molar-refractivity contribution < 1.29 is 14.4 Å². The summed E-state index contributed by atoms with van der Waals surface area (Å²) >= 11 is 6.36. The Labute approximate surface area is 182 Å². The van der Waals surface area contributed by atoms with Gasteiger partial charge in [0.05, 0.1) is 16.1 Å². The van der Waals surface area contributed by atoms with Gasteiger partial charge in [-0.05, 0) is 25.5 Å². The number of benzene rings is 1. The molecule has 1 unspecified atom stereocenters. The molecule has 30 heavy (non-hydrogen) atoms. The van der Waals surface area contributed by atoms with Crippen molar-refractivity contribution in [2.75, 3.05) is 33.2 Å². The molecule has 0 aliphatic carbocycles. The summed E-state index contributed by atoms with van der Waals surface area (Å²) in [4.78, 5) is 44.3. The van der Waals surface area contributed by atoms with E-state index in [1.807, 2.05) is 27.7 Å². The molecule has 1 atom stereocenters. The lowest BCUT2D eigenvalue weighted by Gasteiger charge is -2.34. The van der Waals surface area contributed by atoms with Gasteiger partial charge in [0.25, 0.3) is 17.6 Å². The topological polar surface area (TPSA) is 85.5 Å². The van der Waals surface area contributed by atoms with E-state index in [2.05, 4.69) is 10.3 Å². The molecule has 0 bridgehead atoms. The number of nitrogens with zero attached hydrogens (tertiary/aromatic N) is 2. The molecule has 2 heterocycles. The highest BCUT2D eigenvalue weighted by Crippen LogP contribution is 2.28. The molecule has 0 radical (unpaired) electrons. The monoisotopic (exact) mass is 434 g/mol. The molecule has 1 aliphatic heterocycles. The van der Waals surface area contributed by atoms with Crippen LogP contribution in [-0.2, 0) is 4.79 Å². The molecule has 0 saturated carbocycles. The number of hydrogen-bond donors (Lipinski definition) is 2. The van der Waals surface area contributed by atoms with Crippen LogP contribution in [-0.4, -0.2) is 71.6 Å². The minimum absolute atomic E-state index is 0.0459. The number of ketones is 1. The quantitative estimate of drug-likeness (QED) is 0.558.